The van der Waals surface area contributed by atoms with Crippen molar-refractivity contribution in [1.82, 2.24) is 0 Å². The number of hydrogen-bond donors (Lipinski definition) is 0. The number of carbonyl (C=O) groups is 4. The summed E-state index contributed by atoms with van der Waals surface area (Å²) in [7, 11) is 0. The molecule has 3 aromatic carbocycles. The molecule has 0 bridgehead atoms. The van der Waals surface area contributed by atoms with Crippen LogP contribution in [-0.4, -0.2) is 23.1 Å². The van der Waals surface area contributed by atoms with Crippen molar-refractivity contribution in [2.24, 2.45) is 11.8 Å². The fourth-order valence-electron chi connectivity index (χ4n) is 6.30. The van der Waals surface area contributed by atoms with Crippen molar-refractivity contribution < 1.29 is 19.2 Å². The standard InChI is InChI=1S/C36H40O4/c1-24-15-17-27(18-16-24)19-20-28-9-4-5-12-32(28)34(23-29-10-8-14-30(29)25(2)37)36(40)22-21-35(39)33-13-7-6-11-31(33)26(3)38/h4-7,9,11-13,15-18,29-30,34H,8,10,14,19-23H2,1-3H3. The lowest BCUT2D eigenvalue weighted by atomic mass is 9.77. The average Bonchev–Trinajstić information content (AvgIpc) is 3.43. The van der Waals surface area contributed by atoms with Gasteiger partial charge in [0.15, 0.2) is 11.6 Å². The molecular formula is C36H40O4. The van der Waals surface area contributed by atoms with Crippen molar-refractivity contribution in [1.29, 1.82) is 0 Å². The number of hydrogen-bond acceptors (Lipinski definition) is 4. The molecule has 3 aromatic rings. The van der Waals surface area contributed by atoms with Crippen molar-refractivity contribution in [2.75, 3.05) is 0 Å². The number of aryl methyl sites for hydroxylation is 3. The van der Waals surface area contributed by atoms with Gasteiger partial charge in [-0.25, -0.2) is 0 Å². The lowest BCUT2D eigenvalue weighted by Crippen LogP contribution is -2.23. The van der Waals surface area contributed by atoms with Gasteiger partial charge in [0.2, 0.25) is 0 Å². The van der Waals surface area contributed by atoms with Crippen molar-refractivity contribution >= 4 is 23.1 Å². The van der Waals surface area contributed by atoms with E-state index in [1.807, 2.05) is 12.1 Å². The van der Waals surface area contributed by atoms with E-state index in [2.05, 4.69) is 43.3 Å². The first-order chi connectivity index (χ1) is 19.2. The van der Waals surface area contributed by atoms with E-state index >= 15 is 0 Å². The van der Waals surface area contributed by atoms with Crippen molar-refractivity contribution in [2.45, 2.75) is 78.1 Å². The minimum Gasteiger partial charge on any atom is -0.300 e. The Bertz CT molecular complexity index is 1370. The molecule has 4 rings (SSSR count). The Morgan fingerprint density at radius 1 is 0.775 bits per heavy atom. The van der Waals surface area contributed by atoms with Crippen LogP contribution in [0.25, 0.3) is 0 Å². The van der Waals surface area contributed by atoms with Crippen LogP contribution in [0.15, 0.2) is 72.8 Å². The SMILES string of the molecule is CC(=O)c1ccccc1C(=O)CCC(=O)C(CC1CCCC1C(C)=O)c1ccccc1CCc1ccc(C)cc1. The van der Waals surface area contributed by atoms with Crippen LogP contribution in [0.2, 0.25) is 0 Å². The predicted octanol–water partition coefficient (Wildman–Crippen LogP) is 7.69. The molecule has 208 valence electrons. The van der Waals surface area contributed by atoms with Gasteiger partial charge in [0.05, 0.1) is 0 Å². The fraction of sp³-hybridized carbons (Fsp3) is 0.389. The highest BCUT2D eigenvalue weighted by Crippen LogP contribution is 2.40. The van der Waals surface area contributed by atoms with E-state index in [0.717, 1.165) is 43.2 Å². The second-order valence-electron chi connectivity index (χ2n) is 11.4. The minimum absolute atomic E-state index is 0.000837. The van der Waals surface area contributed by atoms with Gasteiger partial charge in [-0.3, -0.25) is 19.2 Å². The summed E-state index contributed by atoms with van der Waals surface area (Å²) in [5, 5.41) is 0. The zero-order valence-corrected chi connectivity index (χ0v) is 24.0. The molecule has 0 spiro atoms. The first-order valence-electron chi connectivity index (χ1n) is 14.5. The molecule has 4 nitrogen and oxygen atoms in total. The second kappa shape index (κ2) is 13.6. The Kier molecular flexibility index (Phi) is 9.98. The van der Waals surface area contributed by atoms with E-state index in [-0.39, 0.29) is 53.7 Å². The van der Waals surface area contributed by atoms with Gasteiger partial charge in [-0.05, 0) is 75.5 Å². The number of ketones is 4. The molecule has 3 unspecified atom stereocenters. The van der Waals surface area contributed by atoms with Gasteiger partial charge in [0, 0.05) is 35.8 Å². The van der Waals surface area contributed by atoms with Crippen molar-refractivity contribution in [3.63, 3.8) is 0 Å². The Hall–Kier alpha value is -3.66. The fourth-order valence-corrected chi connectivity index (χ4v) is 6.30. The third-order valence-electron chi connectivity index (χ3n) is 8.55. The van der Waals surface area contributed by atoms with E-state index < -0.39 is 0 Å². The Morgan fingerprint density at radius 3 is 2.15 bits per heavy atom. The van der Waals surface area contributed by atoms with E-state index in [1.165, 1.54) is 18.1 Å². The van der Waals surface area contributed by atoms with E-state index in [0.29, 0.717) is 17.5 Å². The molecule has 0 saturated heterocycles. The first kappa shape index (κ1) is 29.3. The zero-order valence-electron chi connectivity index (χ0n) is 24.0. The molecular weight excluding hydrogens is 496 g/mol. The maximum atomic E-state index is 13.9. The lowest BCUT2D eigenvalue weighted by molar-refractivity contribution is -0.124. The Morgan fingerprint density at radius 2 is 1.45 bits per heavy atom. The smallest absolute Gasteiger partial charge is 0.164 e. The summed E-state index contributed by atoms with van der Waals surface area (Å²) in [5.74, 6) is -0.303. The zero-order chi connectivity index (χ0) is 28.6. The van der Waals surface area contributed by atoms with Gasteiger partial charge < -0.3 is 0 Å². The molecule has 0 N–H and O–H groups in total. The summed E-state index contributed by atoms with van der Waals surface area (Å²) in [6.45, 7) is 5.20. The van der Waals surface area contributed by atoms with Crippen molar-refractivity contribution in [3.8, 4) is 0 Å². The van der Waals surface area contributed by atoms with Crippen LogP contribution in [0.3, 0.4) is 0 Å². The van der Waals surface area contributed by atoms with Crippen LogP contribution < -0.4 is 0 Å². The van der Waals surface area contributed by atoms with E-state index in [4.69, 9.17) is 0 Å². The highest BCUT2D eigenvalue weighted by Gasteiger charge is 2.35. The minimum atomic E-state index is -0.366. The molecule has 1 saturated carbocycles. The molecule has 0 aromatic heterocycles. The first-order valence-corrected chi connectivity index (χ1v) is 14.5. The quantitative estimate of drug-likeness (QED) is 0.210. The van der Waals surface area contributed by atoms with Gasteiger partial charge in [-0.15, -0.1) is 0 Å². The predicted molar refractivity (Wildman–Crippen MR) is 159 cm³/mol. The molecule has 1 aliphatic rings. The summed E-state index contributed by atoms with van der Waals surface area (Å²) < 4.78 is 0. The lowest BCUT2D eigenvalue weighted by Gasteiger charge is -2.25. The normalized spacial score (nSPS) is 17.4. The van der Waals surface area contributed by atoms with Gasteiger partial charge in [0.1, 0.15) is 11.6 Å². The molecule has 4 heteroatoms. The molecule has 0 amide bonds. The van der Waals surface area contributed by atoms with Crippen LogP contribution in [0.1, 0.15) is 101 Å². The third kappa shape index (κ3) is 7.29. The van der Waals surface area contributed by atoms with Crippen LogP contribution in [0.4, 0.5) is 0 Å². The van der Waals surface area contributed by atoms with Crippen molar-refractivity contribution in [3.05, 3.63) is 106 Å². The number of Topliss-reactive ketones (excluding diaryl/α,β-unsaturated/α-hetero) is 4. The highest BCUT2D eigenvalue weighted by atomic mass is 16.1. The maximum Gasteiger partial charge on any atom is 0.164 e. The van der Waals surface area contributed by atoms with Crippen LogP contribution in [0.5, 0.6) is 0 Å². The van der Waals surface area contributed by atoms with E-state index in [1.54, 1.807) is 31.2 Å². The van der Waals surface area contributed by atoms with Crippen LogP contribution in [0, 0.1) is 18.8 Å². The summed E-state index contributed by atoms with van der Waals surface area (Å²) in [6.07, 6.45) is 5.33. The third-order valence-corrected chi connectivity index (χ3v) is 8.55. The summed E-state index contributed by atoms with van der Waals surface area (Å²) in [5.41, 5.74) is 5.42. The molecule has 1 fully saturated rings. The van der Waals surface area contributed by atoms with Gasteiger partial charge in [0.25, 0.3) is 0 Å². The van der Waals surface area contributed by atoms with Crippen LogP contribution >= 0.6 is 0 Å². The number of rotatable bonds is 13. The monoisotopic (exact) mass is 536 g/mol. The summed E-state index contributed by atoms with van der Waals surface area (Å²) in [6, 6.07) is 23.5. The average molecular weight is 537 g/mol. The van der Waals surface area contributed by atoms with E-state index in [9.17, 15) is 19.2 Å². The molecule has 40 heavy (non-hydrogen) atoms. The Balaban J connectivity index is 1.57. The largest absolute Gasteiger partial charge is 0.300 e. The summed E-state index contributed by atoms with van der Waals surface area (Å²) >= 11 is 0. The van der Waals surface area contributed by atoms with Gasteiger partial charge in [-0.1, -0.05) is 84.8 Å². The Labute approximate surface area is 238 Å². The molecule has 0 aliphatic heterocycles. The molecule has 1 aliphatic carbocycles. The molecule has 0 heterocycles. The number of benzene rings is 3. The maximum absolute atomic E-state index is 13.9. The highest BCUT2D eigenvalue weighted by molar-refractivity contribution is 6.08. The topological polar surface area (TPSA) is 68.3 Å². The van der Waals surface area contributed by atoms with Gasteiger partial charge in [-0.2, -0.15) is 0 Å². The number of carbonyl (C=O) groups excluding carboxylic acids is 4. The van der Waals surface area contributed by atoms with Gasteiger partial charge >= 0.3 is 0 Å². The molecule has 3 atom stereocenters. The molecule has 0 radical (unpaired) electrons. The summed E-state index contributed by atoms with van der Waals surface area (Å²) in [4.78, 5) is 51.5. The second-order valence-corrected chi connectivity index (χ2v) is 11.4. The van der Waals surface area contributed by atoms with Crippen LogP contribution in [-0.2, 0) is 22.4 Å².